The van der Waals surface area contributed by atoms with Crippen LogP contribution in [0.1, 0.15) is 5.56 Å². The van der Waals surface area contributed by atoms with E-state index >= 15 is 0 Å². The van der Waals surface area contributed by atoms with Crippen LogP contribution in [-0.2, 0) is 16.4 Å². The van der Waals surface area contributed by atoms with Crippen LogP contribution in [-0.4, -0.2) is 45.0 Å². The topological polar surface area (TPSA) is 62.3 Å². The molecule has 1 fully saturated rings. The molecule has 0 aromatic carbocycles. The maximum atomic E-state index is 11.4. The number of rotatable bonds is 3. The molecule has 0 atom stereocenters. The zero-order chi connectivity index (χ0) is 13.2. The molecule has 1 saturated heterocycles. The lowest BCUT2D eigenvalue weighted by Gasteiger charge is -2.28. The average Bonchev–Trinajstić information content (AvgIpc) is 2.31. The van der Waals surface area contributed by atoms with Gasteiger partial charge in [0.25, 0.3) is 0 Å². The molecule has 5 nitrogen and oxygen atoms in total. The quantitative estimate of drug-likeness (QED) is 0.887. The zero-order valence-electron chi connectivity index (χ0n) is 10.2. The summed E-state index contributed by atoms with van der Waals surface area (Å²) in [4.78, 5) is 6.25. The molecule has 7 heteroatoms. The Morgan fingerprint density at radius 1 is 1.44 bits per heavy atom. The molecule has 1 aromatic heterocycles. The summed E-state index contributed by atoms with van der Waals surface area (Å²) in [7, 11) is -1.02. The Kier molecular flexibility index (Phi) is 4.09. The number of nitrogens with zero attached hydrogens (tertiary/aromatic N) is 2. The molecule has 0 spiro atoms. The first kappa shape index (κ1) is 13.6. The molecule has 0 unspecified atom stereocenters. The number of pyridine rings is 1. The van der Waals surface area contributed by atoms with Crippen molar-refractivity contribution in [3.05, 3.63) is 22.8 Å². The van der Waals surface area contributed by atoms with E-state index in [9.17, 15) is 8.42 Å². The van der Waals surface area contributed by atoms with Gasteiger partial charge in [-0.1, -0.05) is 11.6 Å². The summed E-state index contributed by atoms with van der Waals surface area (Å²) in [6.07, 6.45) is 1.76. The van der Waals surface area contributed by atoms with E-state index in [0.717, 1.165) is 5.56 Å². The summed E-state index contributed by atoms with van der Waals surface area (Å²) < 4.78 is 22.7. The van der Waals surface area contributed by atoms with Crippen molar-refractivity contribution in [2.45, 2.75) is 6.54 Å². The number of aromatic nitrogens is 1. The number of nitrogens with one attached hydrogen (secondary N) is 1. The molecule has 18 heavy (non-hydrogen) atoms. The third-order valence-electron chi connectivity index (χ3n) is 2.90. The molecule has 1 N–H and O–H groups in total. The van der Waals surface area contributed by atoms with E-state index in [4.69, 9.17) is 11.6 Å². The molecule has 1 aliphatic rings. The lowest BCUT2D eigenvalue weighted by Crippen LogP contribution is -2.40. The van der Waals surface area contributed by atoms with Gasteiger partial charge in [0.1, 0.15) is 5.82 Å². The van der Waals surface area contributed by atoms with Crippen LogP contribution in [0.15, 0.2) is 12.3 Å². The van der Waals surface area contributed by atoms with Crippen molar-refractivity contribution in [3.8, 4) is 0 Å². The molecule has 1 aromatic rings. The van der Waals surface area contributed by atoms with Gasteiger partial charge in [0.15, 0.2) is 9.84 Å². The minimum Gasteiger partial charge on any atom is -0.353 e. The second-order valence-electron chi connectivity index (χ2n) is 4.32. The van der Waals surface area contributed by atoms with Gasteiger partial charge in [-0.3, -0.25) is 0 Å². The summed E-state index contributed by atoms with van der Waals surface area (Å²) >= 11 is 6.19. The third kappa shape index (κ3) is 3.13. The average molecular weight is 290 g/mol. The molecule has 0 amide bonds. The van der Waals surface area contributed by atoms with Gasteiger partial charge in [0.05, 0.1) is 16.5 Å². The normalized spacial score (nSPS) is 18.9. The van der Waals surface area contributed by atoms with E-state index in [1.54, 1.807) is 6.20 Å². The predicted octanol–water partition coefficient (Wildman–Crippen LogP) is 0.689. The van der Waals surface area contributed by atoms with Crippen molar-refractivity contribution in [2.75, 3.05) is 36.5 Å². The Balaban J connectivity index is 2.14. The van der Waals surface area contributed by atoms with Crippen molar-refractivity contribution in [2.24, 2.45) is 0 Å². The number of sulfone groups is 1. The minimum absolute atomic E-state index is 0.170. The van der Waals surface area contributed by atoms with Crippen LogP contribution < -0.4 is 10.2 Å². The fraction of sp³-hybridized carbons (Fsp3) is 0.545. The fourth-order valence-corrected chi connectivity index (χ4v) is 3.44. The van der Waals surface area contributed by atoms with Crippen LogP contribution in [0.5, 0.6) is 0 Å². The highest BCUT2D eigenvalue weighted by atomic mass is 35.5. The molecular weight excluding hydrogens is 274 g/mol. The van der Waals surface area contributed by atoms with Crippen LogP contribution in [0.25, 0.3) is 0 Å². The number of halogens is 1. The smallest absolute Gasteiger partial charge is 0.153 e. The van der Waals surface area contributed by atoms with Crippen LogP contribution in [0.2, 0.25) is 5.02 Å². The minimum atomic E-state index is -2.88. The predicted molar refractivity (Wildman–Crippen MR) is 72.9 cm³/mol. The van der Waals surface area contributed by atoms with Gasteiger partial charge in [-0.2, -0.15) is 0 Å². The largest absolute Gasteiger partial charge is 0.353 e. The van der Waals surface area contributed by atoms with Crippen molar-refractivity contribution >= 4 is 27.3 Å². The Hall–Kier alpha value is -0.850. The lowest BCUT2D eigenvalue weighted by atomic mass is 10.2. The lowest BCUT2D eigenvalue weighted by molar-refractivity contribution is 0.586. The first-order valence-electron chi connectivity index (χ1n) is 5.76. The first-order chi connectivity index (χ1) is 8.52. The molecule has 1 aliphatic heterocycles. The summed E-state index contributed by atoms with van der Waals surface area (Å²) in [5.74, 6) is 1.01. The van der Waals surface area contributed by atoms with E-state index in [0.29, 0.717) is 30.5 Å². The van der Waals surface area contributed by atoms with Crippen molar-refractivity contribution < 1.29 is 8.42 Å². The monoisotopic (exact) mass is 289 g/mol. The summed E-state index contributed by atoms with van der Waals surface area (Å²) in [5, 5.41) is 3.60. The summed E-state index contributed by atoms with van der Waals surface area (Å²) in [5.41, 5.74) is 1.01. The molecule has 0 aliphatic carbocycles. The molecular formula is C11H16ClN3O2S. The number of hydrogen-bond acceptors (Lipinski definition) is 5. The second-order valence-corrected chi connectivity index (χ2v) is 7.03. The summed E-state index contributed by atoms with van der Waals surface area (Å²) in [6, 6.07) is 1.86. The standard InChI is InChI=1S/C11H16ClN3O2S/c1-13-7-9-6-10(12)11(14-8-9)15-2-4-18(16,17)5-3-15/h6,8,13H,2-5,7H2,1H3. The number of anilines is 1. The van der Waals surface area contributed by atoms with Crippen molar-refractivity contribution in [1.29, 1.82) is 0 Å². The molecule has 2 rings (SSSR count). The second kappa shape index (κ2) is 5.42. The van der Waals surface area contributed by atoms with E-state index < -0.39 is 9.84 Å². The highest BCUT2D eigenvalue weighted by Crippen LogP contribution is 2.25. The third-order valence-corrected chi connectivity index (χ3v) is 4.79. The Morgan fingerprint density at radius 2 is 2.11 bits per heavy atom. The Bertz CT molecular complexity index is 519. The first-order valence-corrected chi connectivity index (χ1v) is 7.96. The van der Waals surface area contributed by atoms with Crippen molar-refractivity contribution in [3.63, 3.8) is 0 Å². The van der Waals surface area contributed by atoms with Crippen LogP contribution >= 0.6 is 11.6 Å². The summed E-state index contributed by atoms with van der Waals surface area (Å²) in [6.45, 7) is 1.63. The molecule has 0 radical (unpaired) electrons. The van der Waals surface area contributed by atoms with Gasteiger partial charge >= 0.3 is 0 Å². The van der Waals surface area contributed by atoms with E-state index in [1.165, 1.54) is 0 Å². The Labute approximate surface area is 112 Å². The Morgan fingerprint density at radius 3 is 2.67 bits per heavy atom. The fourth-order valence-electron chi connectivity index (χ4n) is 1.93. The van der Waals surface area contributed by atoms with Gasteiger partial charge in [-0.25, -0.2) is 13.4 Å². The van der Waals surface area contributed by atoms with Gasteiger partial charge in [0.2, 0.25) is 0 Å². The highest BCUT2D eigenvalue weighted by Gasteiger charge is 2.23. The zero-order valence-corrected chi connectivity index (χ0v) is 11.8. The van der Waals surface area contributed by atoms with Crippen LogP contribution in [0, 0.1) is 0 Å². The van der Waals surface area contributed by atoms with E-state index in [-0.39, 0.29) is 11.5 Å². The maximum absolute atomic E-state index is 11.4. The van der Waals surface area contributed by atoms with Gasteiger partial charge < -0.3 is 10.2 Å². The number of hydrogen-bond donors (Lipinski definition) is 1. The molecule has 100 valence electrons. The van der Waals surface area contributed by atoms with E-state index in [2.05, 4.69) is 10.3 Å². The maximum Gasteiger partial charge on any atom is 0.153 e. The van der Waals surface area contributed by atoms with Crippen molar-refractivity contribution in [1.82, 2.24) is 10.3 Å². The SMILES string of the molecule is CNCc1cnc(N2CCS(=O)(=O)CC2)c(Cl)c1. The van der Waals surface area contributed by atoms with Crippen LogP contribution in [0.4, 0.5) is 5.82 Å². The molecule has 2 heterocycles. The highest BCUT2D eigenvalue weighted by molar-refractivity contribution is 7.91. The van der Waals surface area contributed by atoms with Gasteiger partial charge in [-0.15, -0.1) is 0 Å². The van der Waals surface area contributed by atoms with Crippen LogP contribution in [0.3, 0.4) is 0 Å². The molecule has 0 saturated carbocycles. The molecule has 0 bridgehead atoms. The van der Waals surface area contributed by atoms with E-state index in [1.807, 2.05) is 18.0 Å². The van der Waals surface area contributed by atoms with Gasteiger partial charge in [-0.05, 0) is 18.7 Å². The van der Waals surface area contributed by atoms with Gasteiger partial charge in [0, 0.05) is 25.8 Å².